The van der Waals surface area contributed by atoms with Crippen LogP contribution in [0.2, 0.25) is 0 Å². The second kappa shape index (κ2) is 8.99. The van der Waals surface area contributed by atoms with Crippen molar-refractivity contribution in [2.45, 2.75) is 18.6 Å². The van der Waals surface area contributed by atoms with Gasteiger partial charge in [0.2, 0.25) is 0 Å². The summed E-state index contributed by atoms with van der Waals surface area (Å²) in [4.78, 5) is 19.9. The van der Waals surface area contributed by atoms with Gasteiger partial charge in [-0.3, -0.25) is 0 Å². The van der Waals surface area contributed by atoms with Crippen molar-refractivity contribution in [3.8, 4) is 0 Å². The summed E-state index contributed by atoms with van der Waals surface area (Å²) in [7, 11) is -5.15. The SMILES string of the molecule is CC(O)(CO)C(O)COP(=O)([O-])[O-].[Na+].[Na+]. The molecule has 0 aromatic heterocycles. The van der Waals surface area contributed by atoms with Crippen LogP contribution in [0.3, 0.4) is 0 Å². The van der Waals surface area contributed by atoms with Gasteiger partial charge < -0.3 is 34.2 Å². The molecular weight excluding hydrogens is 249 g/mol. The molecule has 2 atom stereocenters. The summed E-state index contributed by atoms with van der Waals surface area (Å²) in [6, 6.07) is 0. The van der Waals surface area contributed by atoms with Crippen molar-refractivity contribution in [3.05, 3.63) is 0 Å². The summed E-state index contributed by atoms with van der Waals surface area (Å²) >= 11 is 0. The van der Waals surface area contributed by atoms with Gasteiger partial charge in [0, 0.05) is 0 Å². The maximum atomic E-state index is 9.95. The molecule has 0 amide bonds. The molecule has 0 spiro atoms. The van der Waals surface area contributed by atoms with E-state index < -0.39 is 32.7 Å². The van der Waals surface area contributed by atoms with Crippen molar-refractivity contribution in [3.63, 3.8) is 0 Å². The average Bonchev–Trinajstić information content (AvgIpc) is 1.98. The fourth-order valence-corrected chi connectivity index (χ4v) is 0.771. The molecule has 0 saturated heterocycles. The maximum Gasteiger partial charge on any atom is 1.00 e. The molecular formula is C5H11Na2O7P. The second-order valence-corrected chi connectivity index (χ2v) is 3.93. The minimum Gasteiger partial charge on any atom is -0.790 e. The van der Waals surface area contributed by atoms with Gasteiger partial charge in [-0.15, -0.1) is 0 Å². The summed E-state index contributed by atoms with van der Waals surface area (Å²) in [5.74, 6) is 0. The van der Waals surface area contributed by atoms with Gasteiger partial charge >= 0.3 is 59.1 Å². The zero-order valence-corrected chi connectivity index (χ0v) is 13.8. The third-order valence-electron chi connectivity index (χ3n) is 1.43. The molecule has 3 N–H and O–H groups in total. The molecule has 15 heavy (non-hydrogen) atoms. The molecule has 0 aliphatic carbocycles. The van der Waals surface area contributed by atoms with Crippen molar-refractivity contribution >= 4 is 7.82 Å². The third kappa shape index (κ3) is 10.8. The molecule has 10 heteroatoms. The van der Waals surface area contributed by atoms with Crippen molar-refractivity contribution in [1.82, 2.24) is 0 Å². The van der Waals surface area contributed by atoms with Crippen LogP contribution in [0.25, 0.3) is 0 Å². The topological polar surface area (TPSA) is 133 Å². The van der Waals surface area contributed by atoms with Crippen LogP contribution < -0.4 is 68.9 Å². The second-order valence-electron chi connectivity index (χ2n) is 2.77. The Morgan fingerprint density at radius 3 is 2.13 bits per heavy atom. The predicted molar refractivity (Wildman–Crippen MR) is 37.3 cm³/mol. The Bertz CT molecular complexity index is 206. The Morgan fingerprint density at radius 2 is 1.87 bits per heavy atom. The largest absolute Gasteiger partial charge is 1.00 e. The van der Waals surface area contributed by atoms with Gasteiger partial charge in [-0.25, -0.2) is 0 Å². The fourth-order valence-electron chi connectivity index (χ4n) is 0.447. The van der Waals surface area contributed by atoms with Crippen molar-refractivity contribution in [1.29, 1.82) is 0 Å². The number of phosphoric acid groups is 1. The van der Waals surface area contributed by atoms with E-state index in [4.69, 9.17) is 15.3 Å². The Labute approximate surface area is 132 Å². The molecule has 0 bridgehead atoms. The van der Waals surface area contributed by atoms with E-state index in [2.05, 4.69) is 4.52 Å². The molecule has 0 heterocycles. The molecule has 0 aromatic carbocycles. The van der Waals surface area contributed by atoms with E-state index in [9.17, 15) is 14.4 Å². The normalized spacial score (nSPS) is 16.9. The van der Waals surface area contributed by atoms with E-state index in [1.807, 2.05) is 0 Å². The van der Waals surface area contributed by atoms with E-state index in [1.165, 1.54) is 0 Å². The Hall–Kier alpha value is 1.99. The van der Waals surface area contributed by atoms with Crippen LogP contribution in [-0.2, 0) is 9.09 Å². The first-order valence-electron chi connectivity index (χ1n) is 3.37. The fraction of sp³-hybridized carbons (Fsp3) is 1.00. The van der Waals surface area contributed by atoms with Crippen molar-refractivity contribution in [2.24, 2.45) is 0 Å². The molecule has 2 unspecified atom stereocenters. The third-order valence-corrected chi connectivity index (χ3v) is 1.89. The number of aliphatic hydroxyl groups excluding tert-OH is 2. The monoisotopic (exact) mass is 260 g/mol. The van der Waals surface area contributed by atoms with Gasteiger partial charge in [0.15, 0.2) is 0 Å². The van der Waals surface area contributed by atoms with Crippen LogP contribution >= 0.6 is 7.82 Å². The van der Waals surface area contributed by atoms with E-state index in [0.717, 1.165) is 6.92 Å². The Balaban J connectivity index is -0.000000720. The van der Waals surface area contributed by atoms with Gasteiger partial charge in [-0.2, -0.15) is 0 Å². The van der Waals surface area contributed by atoms with Crippen LogP contribution in [0.4, 0.5) is 0 Å². The van der Waals surface area contributed by atoms with Crippen LogP contribution in [0, 0.1) is 0 Å². The summed E-state index contributed by atoms with van der Waals surface area (Å²) in [6.07, 6.45) is -1.64. The molecule has 7 nitrogen and oxygen atoms in total. The van der Waals surface area contributed by atoms with Gasteiger partial charge in [0.1, 0.15) is 11.7 Å². The summed E-state index contributed by atoms with van der Waals surface area (Å²) in [5, 5.41) is 26.6. The van der Waals surface area contributed by atoms with Gasteiger partial charge in [-0.1, -0.05) is 0 Å². The minimum atomic E-state index is -5.15. The van der Waals surface area contributed by atoms with E-state index in [0.29, 0.717) is 0 Å². The molecule has 0 fully saturated rings. The summed E-state index contributed by atoms with van der Waals surface area (Å²) < 4.78 is 13.6. The molecule has 0 aromatic rings. The number of phosphoric ester groups is 1. The zero-order chi connectivity index (χ0) is 10.7. The molecule has 0 radical (unpaired) electrons. The first-order chi connectivity index (χ1) is 5.69. The average molecular weight is 260 g/mol. The van der Waals surface area contributed by atoms with E-state index >= 15 is 0 Å². The first-order valence-corrected chi connectivity index (χ1v) is 4.83. The summed E-state index contributed by atoms with van der Waals surface area (Å²) in [5.41, 5.74) is -1.89. The number of hydrogen-bond acceptors (Lipinski definition) is 7. The Morgan fingerprint density at radius 1 is 1.47 bits per heavy atom. The predicted octanol–water partition coefficient (Wildman–Crippen LogP) is -9.06. The first kappa shape index (κ1) is 22.2. The standard InChI is InChI=1S/C5H13O7P.2Na/c1-5(8,3-6)4(7)2-12-13(9,10)11;;/h4,6-8H,2-3H2,1H3,(H2,9,10,11);;/q;2*+1/p-2. The van der Waals surface area contributed by atoms with Crippen LogP contribution in [-0.4, -0.2) is 40.2 Å². The quantitative estimate of drug-likeness (QED) is 0.330. The maximum absolute atomic E-state index is 9.95. The van der Waals surface area contributed by atoms with Gasteiger partial charge in [0.25, 0.3) is 0 Å². The number of rotatable bonds is 5. The smallest absolute Gasteiger partial charge is 0.790 e. The van der Waals surface area contributed by atoms with Crippen molar-refractivity contribution in [2.75, 3.05) is 13.2 Å². The van der Waals surface area contributed by atoms with Crippen molar-refractivity contribution < 1.29 is 93.3 Å². The molecule has 80 valence electrons. The molecule has 0 saturated carbocycles. The minimum absolute atomic E-state index is 0. The van der Waals surface area contributed by atoms with Crippen LogP contribution in [0.1, 0.15) is 6.92 Å². The number of hydrogen-bond donors (Lipinski definition) is 3. The number of aliphatic hydroxyl groups is 3. The van der Waals surface area contributed by atoms with Gasteiger partial charge in [0.05, 0.1) is 21.0 Å². The summed E-state index contributed by atoms with van der Waals surface area (Å²) in [6.45, 7) is -0.584. The van der Waals surface area contributed by atoms with E-state index in [1.54, 1.807) is 0 Å². The van der Waals surface area contributed by atoms with E-state index in [-0.39, 0.29) is 59.1 Å². The van der Waals surface area contributed by atoms with Gasteiger partial charge in [-0.05, 0) is 6.92 Å². The zero-order valence-electron chi connectivity index (χ0n) is 8.91. The van der Waals surface area contributed by atoms with Crippen LogP contribution in [0.5, 0.6) is 0 Å². The van der Waals surface area contributed by atoms with Crippen LogP contribution in [0.15, 0.2) is 0 Å². The Kier molecular flexibility index (Phi) is 13.3. The molecule has 0 aliphatic heterocycles. The molecule has 0 aliphatic rings. The molecule has 0 rings (SSSR count).